The van der Waals surface area contributed by atoms with Crippen molar-refractivity contribution in [2.75, 3.05) is 0 Å². The maximum Gasteiger partial charge on any atom is 0.0164 e. The van der Waals surface area contributed by atoms with E-state index in [4.69, 9.17) is 0 Å². The summed E-state index contributed by atoms with van der Waals surface area (Å²) < 4.78 is 0. The van der Waals surface area contributed by atoms with Gasteiger partial charge in [-0.25, -0.2) is 0 Å². The maximum absolute atomic E-state index is 3.15. The van der Waals surface area contributed by atoms with E-state index in [2.05, 4.69) is 54.9 Å². The van der Waals surface area contributed by atoms with Crippen molar-refractivity contribution < 1.29 is 0 Å². The van der Waals surface area contributed by atoms with Crippen molar-refractivity contribution in [2.24, 2.45) is 0 Å². The average molecular weight is 326 g/mol. The number of rotatable bonds is 1. The van der Waals surface area contributed by atoms with Gasteiger partial charge < -0.3 is 0 Å². The Bertz CT molecular complexity index is 705. The number of benzene rings is 2. The quantitative estimate of drug-likeness (QED) is 0.682. The van der Waals surface area contributed by atoms with Crippen molar-refractivity contribution in [1.29, 1.82) is 0 Å². The lowest BCUT2D eigenvalue weighted by atomic mass is 9.74. The zero-order chi connectivity index (χ0) is 15.1. The largest absolute Gasteiger partial charge is 0.133 e. The van der Waals surface area contributed by atoms with Crippen LogP contribution in [0, 0.1) is 0 Å². The average Bonchev–Trinajstić information content (AvgIpc) is 2.56. The van der Waals surface area contributed by atoms with E-state index < -0.39 is 0 Å². The Morgan fingerprint density at radius 3 is 2.59 bits per heavy atom. The molecule has 0 fully saturated rings. The van der Waals surface area contributed by atoms with Crippen LogP contribution in [0.5, 0.6) is 0 Å². The third-order valence-electron chi connectivity index (χ3n) is 5.49. The summed E-state index contributed by atoms with van der Waals surface area (Å²) in [7, 11) is 6.16. The van der Waals surface area contributed by atoms with E-state index in [9.17, 15) is 0 Å². The molecule has 2 aromatic rings. The summed E-state index contributed by atoms with van der Waals surface area (Å²) in [6, 6.07) is 13.8. The second-order valence-corrected chi connectivity index (χ2v) is 8.27. The highest BCUT2D eigenvalue weighted by molar-refractivity contribution is 7.27. The fourth-order valence-electron chi connectivity index (χ4n) is 4.40. The van der Waals surface area contributed by atoms with Crippen molar-refractivity contribution in [1.82, 2.24) is 0 Å². The molecule has 2 aromatic carbocycles. The van der Waals surface area contributed by atoms with Gasteiger partial charge in [0.2, 0.25) is 0 Å². The van der Waals surface area contributed by atoms with Crippen LogP contribution in [0.4, 0.5) is 0 Å². The SMILES string of the molecule is Pc1ccc2c(c1[C@H]1c3ccccc3CC[C@H]1P)CCCC2. The summed E-state index contributed by atoms with van der Waals surface area (Å²) in [5, 5.41) is 1.41. The predicted octanol–water partition coefficient (Wildman–Crippen LogP) is 4.39. The van der Waals surface area contributed by atoms with Crippen molar-refractivity contribution in [2.45, 2.75) is 50.1 Å². The molecule has 0 radical (unpaired) electrons. The van der Waals surface area contributed by atoms with E-state index in [1.165, 1.54) is 43.8 Å². The number of fused-ring (bicyclic) bond motifs is 2. The Morgan fingerprint density at radius 2 is 1.68 bits per heavy atom. The van der Waals surface area contributed by atoms with Crippen LogP contribution in [0.1, 0.15) is 53.0 Å². The molecule has 2 heteroatoms. The van der Waals surface area contributed by atoms with Gasteiger partial charge in [0.05, 0.1) is 0 Å². The highest BCUT2D eigenvalue weighted by Gasteiger charge is 2.31. The minimum atomic E-state index is 0.551. The third kappa shape index (κ3) is 2.46. The Labute approximate surface area is 138 Å². The third-order valence-corrected chi connectivity index (χ3v) is 6.71. The van der Waals surface area contributed by atoms with Gasteiger partial charge in [-0.3, -0.25) is 0 Å². The van der Waals surface area contributed by atoms with Crippen LogP contribution in [0.15, 0.2) is 36.4 Å². The molecule has 114 valence electrons. The molecule has 2 unspecified atom stereocenters. The minimum Gasteiger partial charge on any atom is -0.133 e. The second-order valence-electron chi connectivity index (χ2n) is 6.79. The molecule has 2 aliphatic rings. The van der Waals surface area contributed by atoms with Gasteiger partial charge in [-0.05, 0) is 77.3 Å². The van der Waals surface area contributed by atoms with Crippen LogP contribution in [-0.2, 0) is 19.3 Å². The molecule has 0 heterocycles. The molecule has 0 amide bonds. The summed E-state index contributed by atoms with van der Waals surface area (Å²) in [4.78, 5) is 0. The molecule has 0 aromatic heterocycles. The molecule has 0 aliphatic heterocycles. The van der Waals surface area contributed by atoms with E-state index in [1.54, 1.807) is 27.8 Å². The fraction of sp³-hybridized carbons (Fsp3) is 0.400. The molecule has 22 heavy (non-hydrogen) atoms. The van der Waals surface area contributed by atoms with Gasteiger partial charge in [0, 0.05) is 5.92 Å². The second kappa shape index (κ2) is 6.07. The predicted molar refractivity (Wildman–Crippen MR) is 103 cm³/mol. The summed E-state index contributed by atoms with van der Waals surface area (Å²) >= 11 is 0. The number of hydrogen-bond donors (Lipinski definition) is 0. The van der Waals surface area contributed by atoms with Crippen molar-refractivity contribution in [3.05, 3.63) is 64.2 Å². The molecule has 2 aliphatic carbocycles. The molecule has 0 saturated heterocycles. The van der Waals surface area contributed by atoms with Gasteiger partial charge in [-0.1, -0.05) is 36.4 Å². The maximum atomic E-state index is 3.15. The van der Waals surface area contributed by atoms with Gasteiger partial charge in [0.15, 0.2) is 0 Å². The van der Waals surface area contributed by atoms with Crippen LogP contribution < -0.4 is 5.30 Å². The summed E-state index contributed by atoms with van der Waals surface area (Å²) in [6.45, 7) is 0. The van der Waals surface area contributed by atoms with Gasteiger partial charge in [-0.15, -0.1) is 18.5 Å². The molecule has 4 atom stereocenters. The lowest BCUT2D eigenvalue weighted by Gasteiger charge is -2.35. The molecule has 0 N–H and O–H groups in total. The summed E-state index contributed by atoms with van der Waals surface area (Å²) in [6.07, 6.45) is 7.74. The molecular formula is C20H24P2. The van der Waals surface area contributed by atoms with Crippen LogP contribution >= 0.6 is 18.5 Å². The van der Waals surface area contributed by atoms with E-state index in [1.807, 2.05) is 0 Å². The van der Waals surface area contributed by atoms with E-state index in [-0.39, 0.29) is 0 Å². The lowest BCUT2D eigenvalue weighted by Crippen LogP contribution is -2.27. The number of hydrogen-bond acceptors (Lipinski definition) is 0. The molecule has 0 saturated carbocycles. The standard InChI is InChI=1S/C20H24P2/c21-17-11-9-13-5-1-3-7-15(13)19(17)20-16-8-4-2-6-14(16)10-12-18(20)22/h1,3,5,7,10,12,17,19H,2,4,6,8-9,11,21-22H2/t17-,19+/m1/s1. The molecular weight excluding hydrogens is 302 g/mol. The molecule has 0 bridgehead atoms. The van der Waals surface area contributed by atoms with Gasteiger partial charge in [0.1, 0.15) is 0 Å². The summed E-state index contributed by atoms with van der Waals surface area (Å²) in [5.41, 5.74) is 8.66. The first-order valence-electron chi connectivity index (χ1n) is 8.49. The van der Waals surface area contributed by atoms with E-state index in [0.29, 0.717) is 11.6 Å². The highest BCUT2D eigenvalue weighted by Crippen LogP contribution is 2.43. The van der Waals surface area contributed by atoms with E-state index >= 15 is 0 Å². The van der Waals surface area contributed by atoms with E-state index in [0.717, 1.165) is 0 Å². The first kappa shape index (κ1) is 14.9. The zero-order valence-electron chi connectivity index (χ0n) is 13.0. The van der Waals surface area contributed by atoms with Crippen LogP contribution in [0.2, 0.25) is 0 Å². The highest BCUT2D eigenvalue weighted by atomic mass is 31.0. The van der Waals surface area contributed by atoms with Crippen molar-refractivity contribution in [3.63, 3.8) is 0 Å². The van der Waals surface area contributed by atoms with Gasteiger partial charge >= 0.3 is 0 Å². The minimum absolute atomic E-state index is 0.551. The lowest BCUT2D eigenvalue weighted by molar-refractivity contribution is 0.616. The number of aryl methyl sites for hydroxylation is 2. The first-order valence-corrected chi connectivity index (χ1v) is 9.73. The topological polar surface area (TPSA) is 0 Å². The summed E-state index contributed by atoms with van der Waals surface area (Å²) in [5.74, 6) is 0.551. The van der Waals surface area contributed by atoms with Crippen molar-refractivity contribution in [3.8, 4) is 0 Å². The zero-order valence-corrected chi connectivity index (χ0v) is 15.3. The smallest absolute Gasteiger partial charge is 0.0164 e. The normalized spacial score (nSPS) is 23.7. The Kier molecular flexibility index (Phi) is 4.10. The molecule has 0 nitrogen and oxygen atoms in total. The molecule has 0 spiro atoms. The first-order chi connectivity index (χ1) is 10.8. The Hall–Kier alpha value is -0.700. The Balaban J connectivity index is 1.92. The van der Waals surface area contributed by atoms with Crippen molar-refractivity contribution >= 4 is 23.8 Å². The fourth-order valence-corrected chi connectivity index (χ4v) is 5.41. The van der Waals surface area contributed by atoms with Gasteiger partial charge in [-0.2, -0.15) is 0 Å². The van der Waals surface area contributed by atoms with Crippen LogP contribution in [0.3, 0.4) is 0 Å². The van der Waals surface area contributed by atoms with Crippen LogP contribution in [0.25, 0.3) is 0 Å². The monoisotopic (exact) mass is 326 g/mol. The molecule has 4 rings (SSSR count). The van der Waals surface area contributed by atoms with Gasteiger partial charge in [0.25, 0.3) is 0 Å². The van der Waals surface area contributed by atoms with Crippen LogP contribution in [-0.4, -0.2) is 5.66 Å². The Morgan fingerprint density at radius 1 is 0.864 bits per heavy atom.